The second kappa shape index (κ2) is 10.7. The molecule has 174 valence electrons. The van der Waals surface area contributed by atoms with Gasteiger partial charge in [0.05, 0.1) is 12.8 Å². The van der Waals surface area contributed by atoms with E-state index in [9.17, 15) is 0 Å². The summed E-state index contributed by atoms with van der Waals surface area (Å²) in [5.41, 5.74) is 4.71. The molecule has 3 heterocycles. The summed E-state index contributed by atoms with van der Waals surface area (Å²) in [6.45, 7) is 7.76. The predicted molar refractivity (Wildman–Crippen MR) is 133 cm³/mol. The van der Waals surface area contributed by atoms with E-state index in [2.05, 4.69) is 52.8 Å². The molecule has 2 aromatic heterocycles. The Bertz CT molecular complexity index is 1040. The number of ether oxygens (including phenoxy) is 1. The molecule has 7 nitrogen and oxygen atoms in total. The van der Waals surface area contributed by atoms with Crippen LogP contribution < -0.4 is 9.64 Å². The molecule has 0 unspecified atom stereocenters. The molecule has 3 aromatic rings. The van der Waals surface area contributed by atoms with Crippen LogP contribution in [0.4, 0.5) is 5.82 Å². The summed E-state index contributed by atoms with van der Waals surface area (Å²) in [4.78, 5) is 21.3. The first-order valence-corrected chi connectivity index (χ1v) is 11.6. The van der Waals surface area contributed by atoms with Gasteiger partial charge in [-0.05, 0) is 57.3 Å². The molecule has 0 bridgehead atoms. The fourth-order valence-corrected chi connectivity index (χ4v) is 4.22. The van der Waals surface area contributed by atoms with Crippen LogP contribution in [0.2, 0.25) is 0 Å². The minimum atomic E-state index is 0.778. The van der Waals surface area contributed by atoms with Crippen molar-refractivity contribution >= 4 is 5.82 Å². The minimum Gasteiger partial charge on any atom is -0.497 e. The number of benzene rings is 1. The quantitative estimate of drug-likeness (QED) is 0.499. The van der Waals surface area contributed by atoms with Crippen LogP contribution in [-0.4, -0.2) is 72.1 Å². The Kier molecular flexibility index (Phi) is 7.52. The number of fused-ring (bicyclic) bond motifs is 1. The van der Waals surface area contributed by atoms with E-state index in [0.29, 0.717) is 0 Å². The smallest absolute Gasteiger partial charge is 0.161 e. The lowest BCUT2D eigenvalue weighted by atomic mass is 10.0. The maximum atomic E-state index is 5.30. The van der Waals surface area contributed by atoms with E-state index in [1.165, 1.54) is 11.1 Å². The van der Waals surface area contributed by atoms with Crippen LogP contribution in [-0.2, 0) is 19.5 Å². The van der Waals surface area contributed by atoms with Crippen molar-refractivity contribution in [1.82, 2.24) is 24.8 Å². The second-order valence-electron chi connectivity index (χ2n) is 8.72. The molecule has 0 aliphatic carbocycles. The largest absolute Gasteiger partial charge is 0.497 e. The first-order valence-electron chi connectivity index (χ1n) is 11.6. The Morgan fingerprint density at radius 1 is 1.00 bits per heavy atom. The molecule has 1 aliphatic rings. The van der Waals surface area contributed by atoms with Crippen molar-refractivity contribution in [2.45, 2.75) is 26.4 Å². The van der Waals surface area contributed by atoms with Crippen molar-refractivity contribution in [2.75, 3.05) is 52.3 Å². The molecule has 4 rings (SSSR count). The molecular weight excluding hydrogens is 412 g/mol. The lowest BCUT2D eigenvalue weighted by Crippen LogP contribution is -2.36. The molecule has 7 heteroatoms. The van der Waals surface area contributed by atoms with Gasteiger partial charge >= 0.3 is 0 Å². The Balaban J connectivity index is 1.64. The van der Waals surface area contributed by atoms with Crippen molar-refractivity contribution < 1.29 is 4.74 Å². The van der Waals surface area contributed by atoms with Crippen molar-refractivity contribution in [2.24, 2.45) is 0 Å². The van der Waals surface area contributed by atoms with Crippen LogP contribution >= 0.6 is 0 Å². The number of likely N-dealkylation sites (N-methyl/N-ethyl adjacent to an activating group) is 2. The Labute approximate surface area is 197 Å². The average Bonchev–Trinajstić information content (AvgIpc) is 2.85. The fraction of sp³-hybridized carbons (Fsp3) is 0.423. The normalized spacial score (nSPS) is 13.7. The van der Waals surface area contributed by atoms with Gasteiger partial charge in [0.2, 0.25) is 0 Å². The number of hydrogen-bond acceptors (Lipinski definition) is 7. The zero-order valence-corrected chi connectivity index (χ0v) is 20.2. The number of rotatable bonds is 9. The molecule has 0 spiro atoms. The Morgan fingerprint density at radius 3 is 2.42 bits per heavy atom. The highest BCUT2D eigenvalue weighted by Crippen LogP contribution is 2.30. The van der Waals surface area contributed by atoms with Gasteiger partial charge < -0.3 is 14.5 Å². The molecule has 1 aliphatic heterocycles. The minimum absolute atomic E-state index is 0.778. The van der Waals surface area contributed by atoms with E-state index < -0.39 is 0 Å². The van der Waals surface area contributed by atoms with E-state index in [1.54, 1.807) is 19.5 Å². The molecule has 0 amide bonds. The second-order valence-corrected chi connectivity index (χ2v) is 8.72. The van der Waals surface area contributed by atoms with Crippen molar-refractivity contribution in [3.63, 3.8) is 0 Å². The SMILES string of the molecule is CCN(CCN(C)C)c1nc(-c2ccncc2)nc2c1CCN(Cc1ccc(OC)cc1)C2. The number of nitrogens with zero attached hydrogens (tertiary/aromatic N) is 6. The first kappa shape index (κ1) is 23.1. The number of aromatic nitrogens is 3. The van der Waals surface area contributed by atoms with Gasteiger partial charge in [0.25, 0.3) is 0 Å². The van der Waals surface area contributed by atoms with Crippen LogP contribution in [0.5, 0.6) is 5.75 Å². The van der Waals surface area contributed by atoms with Gasteiger partial charge in [0, 0.05) is 62.8 Å². The molecular formula is C26H34N6O. The highest BCUT2D eigenvalue weighted by molar-refractivity contribution is 5.60. The van der Waals surface area contributed by atoms with Crippen LogP contribution in [0.1, 0.15) is 23.7 Å². The lowest BCUT2D eigenvalue weighted by Gasteiger charge is -2.33. The Morgan fingerprint density at radius 2 is 1.76 bits per heavy atom. The molecule has 1 aromatic carbocycles. The third kappa shape index (κ3) is 5.67. The zero-order chi connectivity index (χ0) is 23.2. The van der Waals surface area contributed by atoms with Crippen LogP contribution in [0.3, 0.4) is 0 Å². The Hall–Kier alpha value is -3.03. The highest BCUT2D eigenvalue weighted by atomic mass is 16.5. The van der Waals surface area contributed by atoms with E-state index in [0.717, 1.165) is 74.3 Å². The maximum absolute atomic E-state index is 5.30. The predicted octanol–water partition coefficient (Wildman–Crippen LogP) is 3.49. The van der Waals surface area contributed by atoms with Gasteiger partial charge in [-0.1, -0.05) is 12.1 Å². The van der Waals surface area contributed by atoms with Crippen molar-refractivity contribution in [1.29, 1.82) is 0 Å². The van der Waals surface area contributed by atoms with Crippen LogP contribution in [0, 0.1) is 0 Å². The molecule has 0 saturated carbocycles. The zero-order valence-electron chi connectivity index (χ0n) is 20.2. The molecule has 33 heavy (non-hydrogen) atoms. The monoisotopic (exact) mass is 446 g/mol. The number of methoxy groups -OCH3 is 1. The topological polar surface area (TPSA) is 57.6 Å². The summed E-state index contributed by atoms with van der Waals surface area (Å²) in [6, 6.07) is 12.3. The van der Waals surface area contributed by atoms with Crippen molar-refractivity contribution in [3.05, 3.63) is 65.6 Å². The third-order valence-electron chi connectivity index (χ3n) is 6.12. The molecule has 0 saturated heterocycles. The first-order chi connectivity index (χ1) is 16.1. The molecule has 0 radical (unpaired) electrons. The van der Waals surface area contributed by atoms with Gasteiger partial charge in [-0.2, -0.15) is 0 Å². The average molecular weight is 447 g/mol. The summed E-state index contributed by atoms with van der Waals surface area (Å²) in [6.07, 6.45) is 4.56. The van der Waals surface area contributed by atoms with Crippen LogP contribution in [0.15, 0.2) is 48.8 Å². The highest BCUT2D eigenvalue weighted by Gasteiger charge is 2.25. The third-order valence-corrected chi connectivity index (χ3v) is 6.12. The standard InChI is InChI=1S/C26H34N6O/c1-5-32(17-16-30(2)3)26-23-12-15-31(18-20-6-8-22(33-4)9-7-20)19-24(23)28-25(29-26)21-10-13-27-14-11-21/h6-11,13-14H,5,12,15-19H2,1-4H3. The lowest BCUT2D eigenvalue weighted by molar-refractivity contribution is 0.241. The van der Waals surface area contributed by atoms with Gasteiger partial charge in [0.1, 0.15) is 11.6 Å². The van der Waals surface area contributed by atoms with E-state index in [4.69, 9.17) is 14.7 Å². The summed E-state index contributed by atoms with van der Waals surface area (Å²) in [7, 11) is 5.93. The molecule has 0 N–H and O–H groups in total. The van der Waals surface area contributed by atoms with Gasteiger partial charge in [0.15, 0.2) is 5.82 Å². The fourth-order valence-electron chi connectivity index (χ4n) is 4.22. The summed E-state index contributed by atoms with van der Waals surface area (Å²) in [5.74, 6) is 2.75. The number of hydrogen-bond donors (Lipinski definition) is 0. The van der Waals surface area contributed by atoms with Gasteiger partial charge in [-0.15, -0.1) is 0 Å². The number of pyridine rings is 1. The summed E-state index contributed by atoms with van der Waals surface area (Å²) >= 11 is 0. The molecule has 0 fully saturated rings. The van der Waals surface area contributed by atoms with E-state index in [1.807, 2.05) is 24.3 Å². The van der Waals surface area contributed by atoms with Crippen LogP contribution in [0.25, 0.3) is 11.4 Å². The molecule has 0 atom stereocenters. The summed E-state index contributed by atoms with van der Waals surface area (Å²) in [5, 5.41) is 0. The van der Waals surface area contributed by atoms with Gasteiger partial charge in [-0.25, -0.2) is 9.97 Å². The van der Waals surface area contributed by atoms with E-state index in [-0.39, 0.29) is 0 Å². The number of anilines is 1. The summed E-state index contributed by atoms with van der Waals surface area (Å²) < 4.78 is 5.30. The van der Waals surface area contributed by atoms with E-state index >= 15 is 0 Å². The van der Waals surface area contributed by atoms with Gasteiger partial charge in [-0.3, -0.25) is 9.88 Å². The van der Waals surface area contributed by atoms with Crippen molar-refractivity contribution in [3.8, 4) is 17.1 Å². The maximum Gasteiger partial charge on any atom is 0.161 e.